The number of alkyl halides is 4. The molecule has 8 heteroatoms. The molecule has 1 heterocycles. The highest BCUT2D eigenvalue weighted by Crippen LogP contribution is 2.32. The van der Waals surface area contributed by atoms with Crippen LogP contribution in [0.4, 0.5) is 13.2 Å². The molecule has 4 rings (SSSR count). The van der Waals surface area contributed by atoms with Crippen LogP contribution < -0.4 is 4.74 Å². The van der Waals surface area contributed by atoms with Crippen molar-refractivity contribution in [2.75, 3.05) is 6.54 Å². The maximum atomic E-state index is 13.0. The van der Waals surface area contributed by atoms with Gasteiger partial charge in [-0.1, -0.05) is 36.4 Å². The minimum atomic E-state index is -4.43. The van der Waals surface area contributed by atoms with Crippen molar-refractivity contribution in [3.63, 3.8) is 0 Å². The molecule has 4 nitrogen and oxygen atoms in total. The fraction of sp³-hybridized carbons (Fsp3) is 0.259. The zero-order chi connectivity index (χ0) is 25.2. The third-order valence-electron chi connectivity index (χ3n) is 5.88. The Hall–Kier alpha value is -3.32. The molecule has 0 saturated heterocycles. The van der Waals surface area contributed by atoms with Crippen LogP contribution >= 0.6 is 11.6 Å². The Morgan fingerprint density at radius 3 is 2.43 bits per heavy atom. The first-order valence-electron chi connectivity index (χ1n) is 11.1. The molecule has 3 aromatic rings. The van der Waals surface area contributed by atoms with Crippen molar-refractivity contribution in [3.05, 3.63) is 89.0 Å². The third-order valence-corrected chi connectivity index (χ3v) is 6.03. The van der Waals surface area contributed by atoms with Crippen molar-refractivity contribution in [2.45, 2.75) is 37.9 Å². The second-order valence-electron chi connectivity index (χ2n) is 8.49. The highest BCUT2D eigenvalue weighted by molar-refractivity contribution is 6.21. The second-order valence-corrected chi connectivity index (χ2v) is 9.24. The number of benzene rings is 3. The summed E-state index contributed by atoms with van der Waals surface area (Å²) in [7, 11) is 0. The highest BCUT2D eigenvalue weighted by atomic mass is 35.5. The van der Waals surface area contributed by atoms with Gasteiger partial charge in [-0.15, -0.1) is 11.6 Å². The number of carbonyl (C=O) groups excluding carboxylic acids is 2. The van der Waals surface area contributed by atoms with Crippen LogP contribution in [0.15, 0.2) is 66.7 Å². The van der Waals surface area contributed by atoms with Crippen molar-refractivity contribution in [2.24, 2.45) is 0 Å². The van der Waals surface area contributed by atoms with Crippen molar-refractivity contribution in [1.29, 1.82) is 0 Å². The third kappa shape index (κ3) is 5.85. The van der Waals surface area contributed by atoms with Gasteiger partial charge in [0.25, 0.3) is 0 Å². The summed E-state index contributed by atoms with van der Waals surface area (Å²) in [6.07, 6.45) is -3.52. The van der Waals surface area contributed by atoms with Crippen molar-refractivity contribution in [3.8, 4) is 16.9 Å². The normalized spacial score (nSPS) is 14.3. The highest BCUT2D eigenvalue weighted by Gasteiger charge is 2.30. The van der Waals surface area contributed by atoms with Crippen LogP contribution in [-0.2, 0) is 23.9 Å². The standard InChI is InChI=1S/C27H23ClF3NO3/c1-17(28)14-25(33)32-13-12-19-15-22(11-8-20(19)16-32)35-26(34)24-5-3-2-4-23(24)18-6-9-21(10-7-18)27(29,30)31/h2-11,15,17H,12-14,16H2,1H3. The molecule has 1 aliphatic heterocycles. The van der Waals surface area contributed by atoms with Crippen LogP contribution in [0.25, 0.3) is 11.1 Å². The molecule has 1 unspecified atom stereocenters. The van der Waals surface area contributed by atoms with E-state index in [4.69, 9.17) is 16.3 Å². The summed E-state index contributed by atoms with van der Waals surface area (Å²) in [4.78, 5) is 27.1. The van der Waals surface area contributed by atoms with E-state index >= 15 is 0 Å². The number of hydrogen-bond acceptors (Lipinski definition) is 3. The van der Waals surface area contributed by atoms with Gasteiger partial charge in [0.05, 0.1) is 11.1 Å². The molecule has 3 aromatic carbocycles. The molecule has 0 fully saturated rings. The Morgan fingerprint density at radius 2 is 1.74 bits per heavy atom. The lowest BCUT2D eigenvalue weighted by Gasteiger charge is -2.29. The van der Waals surface area contributed by atoms with Gasteiger partial charge in [0.15, 0.2) is 0 Å². The number of esters is 1. The summed E-state index contributed by atoms with van der Waals surface area (Å²) >= 11 is 5.95. The number of amides is 1. The van der Waals surface area contributed by atoms with Crippen LogP contribution in [0.5, 0.6) is 5.75 Å². The first-order valence-corrected chi connectivity index (χ1v) is 11.6. The monoisotopic (exact) mass is 501 g/mol. The minimum Gasteiger partial charge on any atom is -0.423 e. The predicted molar refractivity (Wildman–Crippen MR) is 127 cm³/mol. The molecule has 0 N–H and O–H groups in total. The quantitative estimate of drug-likeness (QED) is 0.228. The van der Waals surface area contributed by atoms with E-state index in [9.17, 15) is 22.8 Å². The van der Waals surface area contributed by atoms with E-state index in [0.717, 1.165) is 23.3 Å². The zero-order valence-electron chi connectivity index (χ0n) is 18.9. The summed E-state index contributed by atoms with van der Waals surface area (Å²) in [6.45, 7) is 2.82. The molecule has 0 saturated carbocycles. The van der Waals surface area contributed by atoms with Gasteiger partial charge >= 0.3 is 12.1 Å². The zero-order valence-corrected chi connectivity index (χ0v) is 19.7. The summed E-state index contributed by atoms with van der Waals surface area (Å²) < 4.78 is 44.3. The van der Waals surface area contributed by atoms with Crippen LogP contribution in [-0.4, -0.2) is 28.7 Å². The van der Waals surface area contributed by atoms with Crippen molar-refractivity contribution in [1.82, 2.24) is 4.90 Å². The molecule has 0 bridgehead atoms. The van der Waals surface area contributed by atoms with Crippen molar-refractivity contribution >= 4 is 23.5 Å². The summed E-state index contributed by atoms with van der Waals surface area (Å²) in [5.41, 5.74) is 2.43. The Labute approximate surface area is 206 Å². The van der Waals surface area contributed by atoms with Crippen LogP contribution in [0.1, 0.15) is 40.4 Å². The lowest BCUT2D eigenvalue weighted by atomic mass is 9.98. The van der Waals surface area contributed by atoms with Crippen LogP contribution in [0.3, 0.4) is 0 Å². The van der Waals surface area contributed by atoms with E-state index < -0.39 is 17.7 Å². The SMILES string of the molecule is CC(Cl)CC(=O)N1CCc2cc(OC(=O)c3ccccc3-c3ccc(C(F)(F)F)cc3)ccc2C1. The summed E-state index contributed by atoms with van der Waals surface area (Å²) in [5.74, 6) is -0.234. The molecule has 0 spiro atoms. The molecular formula is C27H23ClF3NO3. The maximum absolute atomic E-state index is 13.0. The minimum absolute atomic E-state index is 0.00790. The smallest absolute Gasteiger partial charge is 0.416 e. The Bertz CT molecular complexity index is 1240. The van der Waals surface area contributed by atoms with E-state index in [-0.39, 0.29) is 23.3 Å². The van der Waals surface area contributed by atoms with Gasteiger partial charge in [-0.25, -0.2) is 4.79 Å². The largest absolute Gasteiger partial charge is 0.423 e. The Morgan fingerprint density at radius 1 is 1.03 bits per heavy atom. The molecule has 0 aromatic heterocycles. The van der Waals surface area contributed by atoms with Gasteiger partial charge < -0.3 is 9.64 Å². The Balaban J connectivity index is 1.50. The number of hydrogen-bond donors (Lipinski definition) is 0. The predicted octanol–water partition coefficient (Wildman–Crippen LogP) is 6.49. The van der Waals surface area contributed by atoms with E-state index in [1.54, 1.807) is 48.2 Å². The van der Waals surface area contributed by atoms with Gasteiger partial charge in [0.1, 0.15) is 5.75 Å². The molecule has 1 amide bonds. The fourth-order valence-corrected chi connectivity index (χ4v) is 4.22. The molecular weight excluding hydrogens is 479 g/mol. The first-order chi connectivity index (χ1) is 16.6. The maximum Gasteiger partial charge on any atom is 0.416 e. The van der Waals surface area contributed by atoms with E-state index in [1.807, 2.05) is 6.07 Å². The van der Waals surface area contributed by atoms with E-state index in [1.165, 1.54) is 12.1 Å². The fourth-order valence-electron chi connectivity index (χ4n) is 4.09. The van der Waals surface area contributed by atoms with Crippen LogP contribution in [0.2, 0.25) is 0 Å². The number of halogens is 4. The molecule has 1 atom stereocenters. The summed E-state index contributed by atoms with van der Waals surface area (Å²) in [6, 6.07) is 16.6. The number of nitrogens with zero attached hydrogens (tertiary/aromatic N) is 1. The van der Waals surface area contributed by atoms with Crippen molar-refractivity contribution < 1.29 is 27.5 Å². The second kappa shape index (κ2) is 10.1. The van der Waals surface area contributed by atoms with E-state index in [2.05, 4.69) is 0 Å². The number of rotatable bonds is 5. The van der Waals surface area contributed by atoms with Gasteiger partial charge in [-0.2, -0.15) is 13.2 Å². The number of fused-ring (bicyclic) bond motifs is 1. The number of carbonyl (C=O) groups is 2. The first kappa shape index (κ1) is 24.8. The molecule has 182 valence electrons. The van der Waals surface area contributed by atoms with Gasteiger partial charge in [-0.3, -0.25) is 4.79 Å². The molecule has 35 heavy (non-hydrogen) atoms. The lowest BCUT2D eigenvalue weighted by molar-refractivity contribution is -0.137. The molecule has 1 aliphatic rings. The summed E-state index contributed by atoms with van der Waals surface area (Å²) in [5, 5.41) is -0.226. The molecule has 0 radical (unpaired) electrons. The average molecular weight is 502 g/mol. The topological polar surface area (TPSA) is 46.6 Å². The average Bonchev–Trinajstić information content (AvgIpc) is 2.83. The van der Waals surface area contributed by atoms with E-state index in [0.29, 0.717) is 36.4 Å². The van der Waals surface area contributed by atoms with Gasteiger partial charge in [-0.05, 0) is 65.9 Å². The molecule has 0 aliphatic carbocycles. The van der Waals surface area contributed by atoms with Gasteiger partial charge in [0, 0.05) is 24.9 Å². The van der Waals surface area contributed by atoms with Crippen LogP contribution in [0, 0.1) is 0 Å². The number of ether oxygens (including phenoxy) is 1. The lowest BCUT2D eigenvalue weighted by Crippen LogP contribution is -2.36. The van der Waals surface area contributed by atoms with Gasteiger partial charge in [0.2, 0.25) is 5.91 Å². The Kier molecular flexibility index (Phi) is 7.17.